The van der Waals surface area contributed by atoms with Crippen molar-refractivity contribution >= 4 is 10.0 Å². The summed E-state index contributed by atoms with van der Waals surface area (Å²) in [5, 5.41) is 0. The van der Waals surface area contributed by atoms with E-state index in [-0.39, 0.29) is 11.9 Å². The summed E-state index contributed by atoms with van der Waals surface area (Å²) in [5.74, 6) is 0.499. The van der Waals surface area contributed by atoms with Crippen LogP contribution in [0.15, 0.2) is 0 Å². The van der Waals surface area contributed by atoms with Gasteiger partial charge in [-0.1, -0.05) is 6.92 Å². The molecule has 1 aliphatic heterocycles. The first-order chi connectivity index (χ1) is 8.09. The van der Waals surface area contributed by atoms with Crippen molar-refractivity contribution < 1.29 is 13.2 Å². The lowest BCUT2D eigenvalue weighted by Gasteiger charge is -2.17. The minimum absolute atomic E-state index is 0.175. The number of nitrogens with two attached hydrogens (primary N) is 1. The number of rotatable bonds is 8. The Morgan fingerprint density at radius 3 is 2.82 bits per heavy atom. The Hall–Kier alpha value is -0.170. The second kappa shape index (κ2) is 7.31. The van der Waals surface area contributed by atoms with Gasteiger partial charge in [0.2, 0.25) is 10.0 Å². The Labute approximate surface area is 104 Å². The summed E-state index contributed by atoms with van der Waals surface area (Å²) in [6.07, 6.45) is 3.49. The quantitative estimate of drug-likeness (QED) is 0.624. The van der Waals surface area contributed by atoms with Crippen molar-refractivity contribution in [1.29, 1.82) is 0 Å². The van der Waals surface area contributed by atoms with E-state index in [9.17, 15) is 8.42 Å². The van der Waals surface area contributed by atoms with E-state index in [1.54, 1.807) is 0 Å². The van der Waals surface area contributed by atoms with E-state index < -0.39 is 10.0 Å². The summed E-state index contributed by atoms with van der Waals surface area (Å²) in [5.41, 5.74) is 5.34. The van der Waals surface area contributed by atoms with Gasteiger partial charge < -0.3 is 10.5 Å². The van der Waals surface area contributed by atoms with Crippen LogP contribution in [-0.2, 0) is 14.8 Å². The zero-order valence-electron chi connectivity index (χ0n) is 10.5. The lowest BCUT2D eigenvalue weighted by atomic mass is 10.0. The van der Waals surface area contributed by atoms with Gasteiger partial charge in [0.05, 0.1) is 11.9 Å². The van der Waals surface area contributed by atoms with Crippen molar-refractivity contribution in [3.8, 4) is 0 Å². The molecular formula is C11H24N2O3S. The van der Waals surface area contributed by atoms with Gasteiger partial charge in [0.15, 0.2) is 0 Å². The van der Waals surface area contributed by atoms with Gasteiger partial charge >= 0.3 is 0 Å². The molecule has 0 aliphatic carbocycles. The zero-order chi connectivity index (χ0) is 12.7. The molecule has 2 unspecified atom stereocenters. The SMILES string of the molecule is CCC1OCCC1CNS(=O)(=O)CCCCN. The number of nitrogens with one attached hydrogen (secondary N) is 1. The van der Waals surface area contributed by atoms with Crippen molar-refractivity contribution in [1.82, 2.24) is 4.72 Å². The number of hydrogen-bond acceptors (Lipinski definition) is 4. The average Bonchev–Trinajstić information content (AvgIpc) is 2.74. The molecule has 0 saturated carbocycles. The molecule has 0 aromatic rings. The van der Waals surface area contributed by atoms with Crippen molar-refractivity contribution in [2.45, 2.75) is 38.7 Å². The van der Waals surface area contributed by atoms with E-state index in [1.165, 1.54) is 0 Å². The minimum atomic E-state index is -3.13. The maximum absolute atomic E-state index is 11.7. The van der Waals surface area contributed by atoms with Crippen molar-refractivity contribution in [2.24, 2.45) is 11.7 Å². The smallest absolute Gasteiger partial charge is 0.211 e. The maximum atomic E-state index is 11.7. The molecule has 1 saturated heterocycles. The normalized spacial score (nSPS) is 25.3. The molecule has 0 amide bonds. The van der Waals surface area contributed by atoms with Gasteiger partial charge in [0, 0.05) is 19.1 Å². The van der Waals surface area contributed by atoms with Crippen molar-refractivity contribution in [2.75, 3.05) is 25.4 Å². The third kappa shape index (κ3) is 5.33. The van der Waals surface area contributed by atoms with Gasteiger partial charge in [0.1, 0.15) is 0 Å². The summed E-state index contributed by atoms with van der Waals surface area (Å²) in [7, 11) is -3.13. The average molecular weight is 264 g/mol. The highest BCUT2D eigenvalue weighted by molar-refractivity contribution is 7.89. The van der Waals surface area contributed by atoms with Crippen LogP contribution in [-0.4, -0.2) is 40.0 Å². The first-order valence-electron chi connectivity index (χ1n) is 6.38. The topological polar surface area (TPSA) is 81.4 Å². The molecule has 6 heteroatoms. The van der Waals surface area contributed by atoms with E-state index in [2.05, 4.69) is 11.6 Å². The molecule has 0 aromatic heterocycles. The highest BCUT2D eigenvalue weighted by atomic mass is 32.2. The second-order valence-corrected chi connectivity index (χ2v) is 6.46. The molecule has 0 radical (unpaired) electrons. The van der Waals surface area contributed by atoms with Gasteiger partial charge in [0.25, 0.3) is 0 Å². The minimum Gasteiger partial charge on any atom is -0.378 e. The van der Waals surface area contributed by atoms with Crippen LogP contribution in [0.25, 0.3) is 0 Å². The second-order valence-electron chi connectivity index (χ2n) is 4.53. The summed E-state index contributed by atoms with van der Waals surface area (Å²) >= 11 is 0. The third-order valence-corrected chi connectivity index (χ3v) is 4.61. The molecule has 102 valence electrons. The van der Waals surface area contributed by atoms with Gasteiger partial charge in [-0.2, -0.15) is 0 Å². The molecule has 1 heterocycles. The predicted molar refractivity (Wildman–Crippen MR) is 68.2 cm³/mol. The molecule has 1 aliphatic rings. The molecule has 5 nitrogen and oxygen atoms in total. The van der Waals surface area contributed by atoms with Crippen molar-refractivity contribution in [3.05, 3.63) is 0 Å². The van der Waals surface area contributed by atoms with Crippen LogP contribution in [0.5, 0.6) is 0 Å². The lowest BCUT2D eigenvalue weighted by molar-refractivity contribution is 0.0884. The first-order valence-corrected chi connectivity index (χ1v) is 8.03. The van der Waals surface area contributed by atoms with E-state index in [0.29, 0.717) is 25.4 Å². The van der Waals surface area contributed by atoms with E-state index in [1.807, 2.05) is 0 Å². The molecular weight excluding hydrogens is 240 g/mol. The third-order valence-electron chi connectivity index (χ3n) is 3.18. The zero-order valence-corrected chi connectivity index (χ0v) is 11.3. The fourth-order valence-electron chi connectivity index (χ4n) is 2.12. The molecule has 17 heavy (non-hydrogen) atoms. The van der Waals surface area contributed by atoms with Gasteiger partial charge in [-0.3, -0.25) is 0 Å². The Morgan fingerprint density at radius 1 is 1.41 bits per heavy atom. The number of sulfonamides is 1. The molecule has 1 rings (SSSR count). The van der Waals surface area contributed by atoms with Gasteiger partial charge in [-0.15, -0.1) is 0 Å². The summed E-state index contributed by atoms with van der Waals surface area (Å²) in [4.78, 5) is 0. The van der Waals surface area contributed by atoms with E-state index in [0.717, 1.165) is 25.9 Å². The van der Waals surface area contributed by atoms with E-state index in [4.69, 9.17) is 10.5 Å². The van der Waals surface area contributed by atoms with Crippen molar-refractivity contribution in [3.63, 3.8) is 0 Å². The van der Waals surface area contributed by atoms with Crippen LogP contribution in [0.1, 0.15) is 32.6 Å². The lowest BCUT2D eigenvalue weighted by Crippen LogP contribution is -2.34. The number of unbranched alkanes of at least 4 members (excludes halogenated alkanes) is 1. The van der Waals surface area contributed by atoms with Crippen LogP contribution in [0.4, 0.5) is 0 Å². The Kier molecular flexibility index (Phi) is 6.40. The van der Waals surface area contributed by atoms with Crippen LogP contribution < -0.4 is 10.5 Å². The standard InChI is InChI=1S/C11H24N2O3S/c1-2-11-10(5-7-16-11)9-13-17(14,15)8-4-3-6-12/h10-11,13H,2-9,12H2,1H3. The molecule has 1 fully saturated rings. The highest BCUT2D eigenvalue weighted by Gasteiger charge is 2.27. The largest absolute Gasteiger partial charge is 0.378 e. The first kappa shape index (κ1) is 14.9. The van der Waals surface area contributed by atoms with E-state index >= 15 is 0 Å². The Morgan fingerprint density at radius 2 is 2.18 bits per heavy atom. The molecule has 0 spiro atoms. The Balaban J connectivity index is 2.28. The van der Waals surface area contributed by atoms with Crippen LogP contribution in [0, 0.1) is 5.92 Å². The predicted octanol–water partition coefficient (Wildman–Crippen LogP) is 0.460. The molecule has 0 bridgehead atoms. The maximum Gasteiger partial charge on any atom is 0.211 e. The molecule has 3 N–H and O–H groups in total. The Bertz CT molecular complexity index is 306. The highest BCUT2D eigenvalue weighted by Crippen LogP contribution is 2.22. The van der Waals surface area contributed by atoms with Crippen LogP contribution in [0.3, 0.4) is 0 Å². The summed E-state index contributed by atoms with van der Waals surface area (Å²) < 4.78 is 31.5. The summed E-state index contributed by atoms with van der Waals surface area (Å²) in [6, 6.07) is 0. The monoisotopic (exact) mass is 264 g/mol. The fourth-order valence-corrected chi connectivity index (χ4v) is 3.32. The van der Waals surface area contributed by atoms with Crippen LogP contribution >= 0.6 is 0 Å². The number of ether oxygens (including phenoxy) is 1. The molecule has 0 aromatic carbocycles. The number of hydrogen-bond donors (Lipinski definition) is 2. The fraction of sp³-hybridized carbons (Fsp3) is 1.00. The van der Waals surface area contributed by atoms with Gasteiger partial charge in [-0.25, -0.2) is 13.1 Å². The van der Waals surface area contributed by atoms with Crippen LogP contribution in [0.2, 0.25) is 0 Å². The van der Waals surface area contributed by atoms with Gasteiger partial charge in [-0.05, 0) is 32.2 Å². The molecule has 2 atom stereocenters. The summed E-state index contributed by atoms with van der Waals surface area (Å²) in [6.45, 7) is 3.87.